The molecule has 0 aliphatic heterocycles. The van der Waals surface area contributed by atoms with Crippen LogP contribution in [0.5, 0.6) is 0 Å². The zero-order chi connectivity index (χ0) is 15.7. The van der Waals surface area contributed by atoms with Crippen molar-refractivity contribution in [1.82, 2.24) is 4.98 Å². The van der Waals surface area contributed by atoms with Crippen LogP contribution in [0.15, 0.2) is 22.7 Å². The van der Waals surface area contributed by atoms with Gasteiger partial charge in [0.2, 0.25) is 0 Å². The minimum absolute atomic E-state index is 0.0364. The average molecular weight is 372 g/mol. The molecular weight excluding hydrogens is 360 g/mol. The molecule has 0 saturated heterocycles. The van der Waals surface area contributed by atoms with Crippen LogP contribution in [0.25, 0.3) is 0 Å². The second-order valence-corrected chi connectivity index (χ2v) is 5.83. The lowest BCUT2D eigenvalue weighted by molar-refractivity contribution is 0.597. The lowest BCUT2D eigenvalue weighted by Crippen LogP contribution is -2.15. The molecule has 1 heterocycles. The Morgan fingerprint density at radius 3 is 2.52 bits per heavy atom. The highest BCUT2D eigenvalue weighted by molar-refractivity contribution is 9.10. The second kappa shape index (κ2) is 6.03. The van der Waals surface area contributed by atoms with Gasteiger partial charge < -0.3 is 11.1 Å². The Balaban J connectivity index is 2.54. The first kappa shape index (κ1) is 15.8. The summed E-state index contributed by atoms with van der Waals surface area (Å²) in [6, 6.07) is 3.90. The molecule has 0 unspecified atom stereocenters. The first-order valence-electron chi connectivity index (χ1n) is 5.99. The van der Waals surface area contributed by atoms with Gasteiger partial charge in [-0.3, -0.25) is 0 Å². The van der Waals surface area contributed by atoms with Crippen LogP contribution < -0.4 is 11.1 Å². The fourth-order valence-corrected chi connectivity index (χ4v) is 2.56. The topological polar surface area (TPSA) is 50.9 Å². The van der Waals surface area contributed by atoms with Crippen LogP contribution in [0.1, 0.15) is 16.8 Å². The summed E-state index contributed by atoms with van der Waals surface area (Å²) < 4.78 is 27.5. The van der Waals surface area contributed by atoms with Gasteiger partial charge >= 0.3 is 0 Å². The standard InChI is InChI=1S/C14H12BrF2N3S/c1-6-3-7(2)19-14(12(6)13(18)21)20-11-5-9(16)8(15)4-10(11)17/h3-5H,1-2H3,(H2,18,21)(H,19,20). The van der Waals surface area contributed by atoms with Crippen molar-refractivity contribution in [3.63, 3.8) is 0 Å². The van der Waals surface area contributed by atoms with Crippen LogP contribution in [0.4, 0.5) is 20.3 Å². The third-order valence-electron chi connectivity index (χ3n) is 2.85. The number of nitrogens with zero attached hydrogens (tertiary/aromatic N) is 1. The van der Waals surface area contributed by atoms with E-state index in [9.17, 15) is 8.78 Å². The highest BCUT2D eigenvalue weighted by Crippen LogP contribution is 2.28. The van der Waals surface area contributed by atoms with Crippen LogP contribution in [0.2, 0.25) is 0 Å². The fourth-order valence-electron chi connectivity index (χ4n) is 1.98. The molecule has 0 aliphatic rings. The van der Waals surface area contributed by atoms with Crippen LogP contribution in [-0.4, -0.2) is 9.97 Å². The lowest BCUT2D eigenvalue weighted by Gasteiger charge is -2.14. The molecule has 0 spiro atoms. The van der Waals surface area contributed by atoms with Crippen molar-refractivity contribution in [2.24, 2.45) is 5.73 Å². The van der Waals surface area contributed by atoms with E-state index in [1.807, 2.05) is 13.0 Å². The molecule has 1 aromatic heterocycles. The number of hydrogen-bond donors (Lipinski definition) is 2. The summed E-state index contributed by atoms with van der Waals surface area (Å²) in [5.41, 5.74) is 7.69. The van der Waals surface area contributed by atoms with E-state index in [2.05, 4.69) is 26.2 Å². The van der Waals surface area contributed by atoms with Crippen molar-refractivity contribution in [1.29, 1.82) is 0 Å². The zero-order valence-corrected chi connectivity index (χ0v) is 13.7. The Labute approximate surface area is 134 Å². The van der Waals surface area contributed by atoms with E-state index in [1.165, 1.54) is 0 Å². The zero-order valence-electron chi connectivity index (χ0n) is 11.3. The van der Waals surface area contributed by atoms with Gasteiger partial charge in [-0.2, -0.15) is 0 Å². The minimum atomic E-state index is -0.613. The highest BCUT2D eigenvalue weighted by Gasteiger charge is 2.15. The summed E-state index contributed by atoms with van der Waals surface area (Å²) in [6.07, 6.45) is 0. The first-order valence-corrected chi connectivity index (χ1v) is 7.19. The fraction of sp³-hybridized carbons (Fsp3) is 0.143. The van der Waals surface area contributed by atoms with Crippen LogP contribution >= 0.6 is 28.1 Å². The van der Waals surface area contributed by atoms with Crippen molar-refractivity contribution in [3.05, 3.63) is 51.1 Å². The summed E-state index contributed by atoms with van der Waals surface area (Å²) in [6.45, 7) is 3.62. The minimum Gasteiger partial charge on any atom is -0.389 e. The Kier molecular flexibility index (Phi) is 4.53. The Bertz CT molecular complexity index is 735. The number of rotatable bonds is 3. The third-order valence-corrected chi connectivity index (χ3v) is 3.67. The monoisotopic (exact) mass is 371 g/mol. The smallest absolute Gasteiger partial charge is 0.148 e. The van der Waals surface area contributed by atoms with Gasteiger partial charge in [0.05, 0.1) is 15.7 Å². The van der Waals surface area contributed by atoms with Gasteiger partial charge in [-0.1, -0.05) is 12.2 Å². The molecule has 3 N–H and O–H groups in total. The maximum absolute atomic E-state index is 13.9. The molecule has 2 rings (SSSR count). The molecule has 3 nitrogen and oxygen atoms in total. The van der Waals surface area contributed by atoms with E-state index in [0.717, 1.165) is 17.7 Å². The quantitative estimate of drug-likeness (QED) is 0.629. The molecule has 0 saturated carbocycles. The maximum atomic E-state index is 13.9. The van der Waals surface area contributed by atoms with Gasteiger partial charge in [0.1, 0.15) is 22.4 Å². The van der Waals surface area contributed by atoms with Gasteiger partial charge in [-0.05, 0) is 47.5 Å². The van der Waals surface area contributed by atoms with Gasteiger partial charge in [0.15, 0.2) is 0 Å². The summed E-state index contributed by atoms with van der Waals surface area (Å²) in [5, 5.41) is 2.76. The van der Waals surface area contributed by atoms with E-state index < -0.39 is 11.6 Å². The average Bonchev–Trinajstić information content (AvgIpc) is 2.34. The number of nitrogens with two attached hydrogens (primary N) is 1. The number of anilines is 2. The van der Waals surface area contributed by atoms with Gasteiger partial charge in [-0.15, -0.1) is 0 Å². The molecule has 110 valence electrons. The SMILES string of the molecule is Cc1cc(C)c(C(N)=S)c(Nc2cc(F)c(Br)cc2F)n1. The first-order chi connectivity index (χ1) is 9.79. The number of aromatic nitrogens is 1. The molecule has 2 aromatic rings. The van der Waals surface area contributed by atoms with Crippen molar-refractivity contribution in [3.8, 4) is 0 Å². The molecule has 0 radical (unpaired) electrons. The molecule has 0 amide bonds. The summed E-state index contributed by atoms with van der Waals surface area (Å²) >= 11 is 7.93. The summed E-state index contributed by atoms with van der Waals surface area (Å²) in [5.74, 6) is -0.890. The molecular formula is C14H12BrF2N3S. The molecule has 1 aromatic carbocycles. The van der Waals surface area contributed by atoms with Crippen LogP contribution in [0, 0.1) is 25.5 Å². The highest BCUT2D eigenvalue weighted by atomic mass is 79.9. The van der Waals surface area contributed by atoms with Crippen LogP contribution in [0.3, 0.4) is 0 Å². The molecule has 0 fully saturated rings. The molecule has 7 heteroatoms. The van der Waals surface area contributed by atoms with E-state index in [-0.39, 0.29) is 15.1 Å². The number of hydrogen-bond acceptors (Lipinski definition) is 3. The summed E-state index contributed by atoms with van der Waals surface area (Å²) in [4.78, 5) is 4.40. The van der Waals surface area contributed by atoms with E-state index in [1.54, 1.807) is 6.92 Å². The number of aryl methyl sites for hydroxylation is 2. The van der Waals surface area contributed by atoms with E-state index in [4.69, 9.17) is 18.0 Å². The van der Waals surface area contributed by atoms with Crippen molar-refractivity contribution >= 4 is 44.6 Å². The van der Waals surface area contributed by atoms with Crippen molar-refractivity contribution < 1.29 is 8.78 Å². The number of pyridine rings is 1. The number of nitrogens with one attached hydrogen (secondary N) is 1. The molecule has 0 bridgehead atoms. The second-order valence-electron chi connectivity index (χ2n) is 4.54. The molecule has 21 heavy (non-hydrogen) atoms. The molecule has 0 atom stereocenters. The Hall–Kier alpha value is -1.60. The Morgan fingerprint density at radius 2 is 1.90 bits per heavy atom. The number of halogens is 3. The van der Waals surface area contributed by atoms with Crippen molar-refractivity contribution in [2.45, 2.75) is 13.8 Å². The van der Waals surface area contributed by atoms with E-state index >= 15 is 0 Å². The molecule has 0 aliphatic carbocycles. The predicted molar refractivity (Wildman–Crippen MR) is 86.9 cm³/mol. The van der Waals surface area contributed by atoms with Crippen LogP contribution in [-0.2, 0) is 0 Å². The number of benzene rings is 1. The lowest BCUT2D eigenvalue weighted by atomic mass is 10.1. The summed E-state index contributed by atoms with van der Waals surface area (Å²) in [7, 11) is 0. The maximum Gasteiger partial charge on any atom is 0.148 e. The van der Waals surface area contributed by atoms with Gasteiger partial charge in [0.25, 0.3) is 0 Å². The van der Waals surface area contributed by atoms with Crippen molar-refractivity contribution in [2.75, 3.05) is 5.32 Å². The largest absolute Gasteiger partial charge is 0.389 e. The third kappa shape index (κ3) is 3.36. The normalized spacial score (nSPS) is 10.5. The number of thiocarbonyl (C=S) groups is 1. The van der Waals surface area contributed by atoms with Gasteiger partial charge in [0, 0.05) is 11.8 Å². The Morgan fingerprint density at radius 1 is 1.24 bits per heavy atom. The van der Waals surface area contributed by atoms with Gasteiger partial charge in [-0.25, -0.2) is 13.8 Å². The predicted octanol–water partition coefficient (Wildman–Crippen LogP) is 4.12. The van der Waals surface area contributed by atoms with E-state index in [0.29, 0.717) is 17.1 Å².